The van der Waals surface area contributed by atoms with E-state index in [9.17, 15) is 20.4 Å². The monoisotopic (exact) mass is 420 g/mol. The quantitative estimate of drug-likeness (QED) is 0.284. The van der Waals surface area contributed by atoms with Crippen LogP contribution < -0.4 is 0 Å². The highest BCUT2D eigenvalue weighted by Gasteiger charge is 2.45. The van der Waals surface area contributed by atoms with E-state index in [-0.39, 0.29) is 5.41 Å². The molecule has 174 valence electrons. The van der Waals surface area contributed by atoms with Crippen LogP contribution in [-0.4, -0.2) is 78.1 Å². The number of ether oxygens (including phenoxy) is 3. The Morgan fingerprint density at radius 1 is 0.793 bits per heavy atom. The van der Waals surface area contributed by atoms with Crippen LogP contribution in [0.4, 0.5) is 0 Å². The summed E-state index contributed by atoms with van der Waals surface area (Å²) >= 11 is 0. The lowest BCUT2D eigenvalue weighted by Gasteiger charge is -2.41. The minimum absolute atomic E-state index is 0.185. The van der Waals surface area contributed by atoms with E-state index in [1.165, 1.54) is 25.7 Å². The first-order valence-corrected chi connectivity index (χ1v) is 11.4. The Hall–Kier alpha value is -0.280. The minimum Gasteiger partial charge on any atom is -0.394 e. The van der Waals surface area contributed by atoms with E-state index < -0.39 is 37.3 Å². The third kappa shape index (κ3) is 8.77. The van der Waals surface area contributed by atoms with E-state index in [0.717, 1.165) is 38.5 Å². The molecule has 0 aromatic rings. The second-order valence-corrected chi connectivity index (χ2v) is 8.56. The van der Waals surface area contributed by atoms with Crippen LogP contribution in [-0.2, 0) is 14.2 Å². The molecule has 5 atom stereocenters. The molecular weight excluding hydrogens is 376 g/mol. The Morgan fingerprint density at radius 3 is 1.86 bits per heavy atom. The molecule has 1 heterocycles. The van der Waals surface area contributed by atoms with Crippen molar-refractivity contribution in [1.82, 2.24) is 0 Å². The number of aliphatic hydroxyl groups is 4. The highest BCUT2D eigenvalue weighted by Crippen LogP contribution is 2.34. The van der Waals surface area contributed by atoms with Crippen molar-refractivity contribution in [2.24, 2.45) is 5.41 Å². The van der Waals surface area contributed by atoms with Gasteiger partial charge in [0.15, 0.2) is 6.29 Å². The number of unbranched alkanes of at least 4 members (excludes halogenated alkanes) is 6. The van der Waals surface area contributed by atoms with Gasteiger partial charge in [-0.15, -0.1) is 0 Å². The van der Waals surface area contributed by atoms with Gasteiger partial charge in [-0.25, -0.2) is 0 Å². The summed E-state index contributed by atoms with van der Waals surface area (Å²) in [6.07, 6.45) is 4.97. The molecule has 1 fully saturated rings. The van der Waals surface area contributed by atoms with Gasteiger partial charge in [-0.3, -0.25) is 0 Å². The van der Waals surface area contributed by atoms with E-state index in [1.807, 2.05) is 0 Å². The Bertz CT molecular complexity index is 393. The van der Waals surface area contributed by atoms with Crippen LogP contribution in [0.25, 0.3) is 0 Å². The van der Waals surface area contributed by atoms with Crippen LogP contribution in [0.3, 0.4) is 0 Å². The van der Waals surface area contributed by atoms with Gasteiger partial charge >= 0.3 is 0 Å². The lowest BCUT2D eigenvalue weighted by molar-refractivity contribution is -0.307. The summed E-state index contributed by atoms with van der Waals surface area (Å²) in [7, 11) is 1.70. The van der Waals surface area contributed by atoms with Gasteiger partial charge in [0.2, 0.25) is 0 Å². The fourth-order valence-corrected chi connectivity index (χ4v) is 4.08. The van der Waals surface area contributed by atoms with Gasteiger partial charge < -0.3 is 34.6 Å². The third-order valence-corrected chi connectivity index (χ3v) is 5.97. The summed E-state index contributed by atoms with van der Waals surface area (Å²) in [5, 5.41) is 39.6. The summed E-state index contributed by atoms with van der Waals surface area (Å²) in [5.74, 6) is 0. The molecule has 0 bridgehead atoms. The molecule has 0 aromatic carbocycles. The van der Waals surface area contributed by atoms with E-state index in [2.05, 4.69) is 13.8 Å². The topological polar surface area (TPSA) is 109 Å². The predicted molar refractivity (Wildman–Crippen MR) is 112 cm³/mol. The standard InChI is InChI=1S/C22H44O7/c1-4-6-8-10-12-22(15-27-3,13-11-9-7-5-2)16-28-21-20(26)19(25)18(24)17(14-23)29-21/h17-21,23-26H,4-16H2,1-3H3/t17-,18-,19+,20-,21-/m0/s1. The summed E-state index contributed by atoms with van der Waals surface area (Å²) in [4.78, 5) is 0. The Morgan fingerprint density at radius 2 is 1.38 bits per heavy atom. The number of aliphatic hydroxyl groups excluding tert-OH is 4. The normalized spacial score (nSPS) is 28.0. The largest absolute Gasteiger partial charge is 0.394 e. The van der Waals surface area contributed by atoms with Gasteiger partial charge in [0, 0.05) is 12.5 Å². The van der Waals surface area contributed by atoms with Crippen LogP contribution in [0.15, 0.2) is 0 Å². The van der Waals surface area contributed by atoms with Gasteiger partial charge in [0.05, 0.1) is 19.8 Å². The molecule has 1 saturated heterocycles. The molecular formula is C22H44O7. The summed E-state index contributed by atoms with van der Waals surface area (Å²) < 4.78 is 17.0. The minimum atomic E-state index is -1.42. The van der Waals surface area contributed by atoms with Crippen LogP contribution in [0, 0.1) is 5.41 Å². The lowest BCUT2D eigenvalue weighted by atomic mass is 9.79. The van der Waals surface area contributed by atoms with E-state index in [4.69, 9.17) is 14.2 Å². The zero-order chi connectivity index (χ0) is 21.7. The molecule has 1 rings (SSSR count). The second kappa shape index (κ2) is 14.7. The van der Waals surface area contributed by atoms with Gasteiger partial charge in [-0.1, -0.05) is 65.2 Å². The molecule has 4 N–H and O–H groups in total. The maximum atomic E-state index is 10.3. The van der Waals surface area contributed by atoms with Crippen LogP contribution >= 0.6 is 0 Å². The number of hydrogen-bond donors (Lipinski definition) is 4. The van der Waals surface area contributed by atoms with Crippen molar-refractivity contribution < 1.29 is 34.6 Å². The Labute approximate surface area is 176 Å². The summed E-state index contributed by atoms with van der Waals surface area (Å²) in [5.41, 5.74) is -0.185. The first-order chi connectivity index (χ1) is 13.9. The number of methoxy groups -OCH3 is 1. The zero-order valence-corrected chi connectivity index (χ0v) is 18.6. The van der Waals surface area contributed by atoms with Gasteiger partial charge in [0.1, 0.15) is 24.4 Å². The van der Waals surface area contributed by atoms with Crippen molar-refractivity contribution in [3.63, 3.8) is 0 Å². The molecule has 7 nitrogen and oxygen atoms in total. The Kier molecular flexibility index (Phi) is 13.5. The fraction of sp³-hybridized carbons (Fsp3) is 1.00. The van der Waals surface area contributed by atoms with Gasteiger partial charge in [-0.2, -0.15) is 0 Å². The SMILES string of the molecule is CCCCCCC(CCCCCC)(COC)CO[C@H]1O[C@@H](CO)[C@H](O)[C@@H](O)[C@@H]1O. The van der Waals surface area contributed by atoms with Crippen molar-refractivity contribution in [2.75, 3.05) is 26.9 Å². The highest BCUT2D eigenvalue weighted by molar-refractivity contribution is 4.89. The van der Waals surface area contributed by atoms with Crippen molar-refractivity contribution >= 4 is 0 Å². The second-order valence-electron chi connectivity index (χ2n) is 8.56. The molecule has 1 aliphatic rings. The zero-order valence-electron chi connectivity index (χ0n) is 18.6. The van der Waals surface area contributed by atoms with E-state index >= 15 is 0 Å². The maximum Gasteiger partial charge on any atom is 0.186 e. The summed E-state index contributed by atoms with van der Waals surface area (Å²) in [6, 6.07) is 0. The molecule has 0 aromatic heterocycles. The van der Waals surface area contributed by atoms with Crippen LogP contribution in [0.5, 0.6) is 0 Å². The first-order valence-electron chi connectivity index (χ1n) is 11.4. The first kappa shape index (κ1) is 26.8. The highest BCUT2D eigenvalue weighted by atomic mass is 16.7. The molecule has 0 unspecified atom stereocenters. The van der Waals surface area contributed by atoms with E-state index in [1.54, 1.807) is 7.11 Å². The average Bonchev–Trinajstić information content (AvgIpc) is 2.72. The van der Waals surface area contributed by atoms with Crippen molar-refractivity contribution in [1.29, 1.82) is 0 Å². The van der Waals surface area contributed by atoms with Crippen LogP contribution in [0.1, 0.15) is 78.1 Å². The third-order valence-electron chi connectivity index (χ3n) is 5.97. The molecule has 7 heteroatoms. The molecule has 0 aliphatic carbocycles. The Balaban J connectivity index is 2.78. The average molecular weight is 421 g/mol. The molecule has 0 saturated carbocycles. The predicted octanol–water partition coefficient (Wildman–Crippen LogP) is 2.38. The molecule has 1 aliphatic heterocycles. The lowest BCUT2D eigenvalue weighted by Crippen LogP contribution is -2.59. The molecule has 0 radical (unpaired) electrons. The van der Waals surface area contributed by atoms with Crippen molar-refractivity contribution in [3.05, 3.63) is 0 Å². The van der Waals surface area contributed by atoms with E-state index in [0.29, 0.717) is 13.2 Å². The number of hydrogen-bond acceptors (Lipinski definition) is 7. The molecule has 0 spiro atoms. The van der Waals surface area contributed by atoms with Gasteiger partial charge in [0.25, 0.3) is 0 Å². The maximum absolute atomic E-state index is 10.3. The van der Waals surface area contributed by atoms with Crippen LogP contribution in [0.2, 0.25) is 0 Å². The van der Waals surface area contributed by atoms with Crippen molar-refractivity contribution in [2.45, 2.75) is 109 Å². The smallest absolute Gasteiger partial charge is 0.186 e. The van der Waals surface area contributed by atoms with Crippen molar-refractivity contribution in [3.8, 4) is 0 Å². The molecule has 29 heavy (non-hydrogen) atoms. The van der Waals surface area contributed by atoms with Gasteiger partial charge in [-0.05, 0) is 12.8 Å². The fourth-order valence-electron chi connectivity index (χ4n) is 4.08. The molecule has 0 amide bonds. The number of rotatable bonds is 16. The summed E-state index contributed by atoms with van der Waals surface area (Å²) in [6.45, 7) is 4.82.